The normalized spacial score (nSPS) is 11.8. The van der Waals surface area contributed by atoms with E-state index in [9.17, 15) is 9.59 Å². The third-order valence-corrected chi connectivity index (χ3v) is 8.20. The van der Waals surface area contributed by atoms with E-state index in [4.69, 9.17) is 34.7 Å². The predicted molar refractivity (Wildman–Crippen MR) is 172 cm³/mol. The van der Waals surface area contributed by atoms with Crippen molar-refractivity contribution in [2.45, 2.75) is 20.4 Å². The van der Waals surface area contributed by atoms with Crippen LogP contribution in [0.15, 0.2) is 65.2 Å². The van der Waals surface area contributed by atoms with Crippen LogP contribution in [0.4, 0.5) is 0 Å². The van der Waals surface area contributed by atoms with Crippen molar-refractivity contribution in [3.63, 3.8) is 0 Å². The van der Waals surface area contributed by atoms with Gasteiger partial charge in [0.25, 0.3) is 5.56 Å². The Balaban J connectivity index is 1.57. The average molecular weight is 620 g/mol. The summed E-state index contributed by atoms with van der Waals surface area (Å²) in [4.78, 5) is 27.0. The van der Waals surface area contributed by atoms with Gasteiger partial charge in [0, 0.05) is 79.3 Å². The Morgan fingerprint density at radius 3 is 2.14 bits per heavy atom. The molecule has 12 heteroatoms. The van der Waals surface area contributed by atoms with Gasteiger partial charge in [-0.2, -0.15) is 10.2 Å². The number of aldehydes is 1. The lowest BCUT2D eigenvalue weighted by atomic mass is 9.98. The van der Waals surface area contributed by atoms with Crippen LogP contribution in [0.3, 0.4) is 0 Å². The van der Waals surface area contributed by atoms with Crippen LogP contribution >= 0.6 is 23.2 Å². The van der Waals surface area contributed by atoms with E-state index >= 15 is 0 Å². The van der Waals surface area contributed by atoms with E-state index in [0.717, 1.165) is 17.7 Å². The summed E-state index contributed by atoms with van der Waals surface area (Å²) < 4.78 is 4.74. The van der Waals surface area contributed by atoms with Crippen LogP contribution < -0.4 is 17.0 Å². The number of hydrogen-bond acceptors (Lipinski definition) is 7. The highest BCUT2D eigenvalue weighted by molar-refractivity contribution is 6.39. The lowest BCUT2D eigenvalue weighted by Gasteiger charge is -2.18. The number of halogens is 2. The zero-order chi connectivity index (χ0) is 30.8. The summed E-state index contributed by atoms with van der Waals surface area (Å²) in [5.74, 6) is 0. The van der Waals surface area contributed by atoms with Crippen LogP contribution in [0.5, 0.6) is 0 Å². The van der Waals surface area contributed by atoms with E-state index in [1.165, 1.54) is 4.68 Å². The largest absolute Gasteiger partial charge is 0.376 e. The maximum Gasteiger partial charge on any atom is 0.276 e. The molecule has 43 heavy (non-hydrogen) atoms. The second kappa shape index (κ2) is 12.6. The SMILES string of the molecule is C/C(=C/n1nc(-c2cccc(-c3cccc(-c4cc5c(=O)n(CCN)c(C)cn5n4)c3Cl)c2Cl)cc1C=O)N(C)CCN. The first-order chi connectivity index (χ1) is 20.7. The fraction of sp³-hybridized carbons (Fsp3) is 0.226. The van der Waals surface area contributed by atoms with E-state index in [-0.39, 0.29) is 5.56 Å². The van der Waals surface area contributed by atoms with Crippen molar-refractivity contribution in [2.24, 2.45) is 11.5 Å². The Kier molecular flexibility index (Phi) is 8.84. The number of fused-ring (bicyclic) bond motifs is 1. The number of carbonyl (C=O) groups is 1. The summed E-state index contributed by atoms with van der Waals surface area (Å²) in [6, 6.07) is 14.6. The summed E-state index contributed by atoms with van der Waals surface area (Å²) in [5.41, 5.74) is 17.4. The first kappa shape index (κ1) is 30.2. The Morgan fingerprint density at radius 1 is 0.953 bits per heavy atom. The monoisotopic (exact) mass is 618 g/mol. The van der Waals surface area contributed by atoms with Gasteiger partial charge in [0.05, 0.1) is 21.4 Å². The Morgan fingerprint density at radius 2 is 1.56 bits per heavy atom. The minimum absolute atomic E-state index is 0.169. The number of allylic oxidation sites excluding steroid dienone is 1. The summed E-state index contributed by atoms with van der Waals surface area (Å²) in [6.45, 7) is 5.71. The predicted octanol–water partition coefficient (Wildman–Crippen LogP) is 4.79. The second-order valence-corrected chi connectivity index (χ2v) is 11.0. The summed E-state index contributed by atoms with van der Waals surface area (Å²) in [7, 11) is 1.92. The molecule has 4 N–H and O–H groups in total. The van der Waals surface area contributed by atoms with Crippen molar-refractivity contribution in [3.05, 3.63) is 92.2 Å². The number of hydrogen-bond donors (Lipinski definition) is 2. The van der Waals surface area contributed by atoms with Crippen molar-refractivity contribution in [2.75, 3.05) is 26.7 Å². The Labute approximate surface area is 258 Å². The lowest BCUT2D eigenvalue weighted by Crippen LogP contribution is -2.27. The molecule has 0 aliphatic heterocycles. The Bertz CT molecular complexity index is 1920. The molecule has 0 fully saturated rings. The minimum Gasteiger partial charge on any atom is -0.376 e. The molecule has 0 aliphatic carbocycles. The molecule has 5 rings (SSSR count). The molecule has 10 nitrogen and oxygen atoms in total. The molecule has 0 unspecified atom stereocenters. The molecular formula is C31H32Cl2N8O2. The van der Waals surface area contributed by atoms with E-state index in [1.807, 2.05) is 62.2 Å². The maximum atomic E-state index is 13.1. The number of nitrogens with two attached hydrogens (primary N) is 2. The Hall–Kier alpha value is -4.22. The lowest BCUT2D eigenvalue weighted by molar-refractivity contribution is 0.111. The topological polar surface area (TPSA) is 129 Å². The molecule has 3 aromatic heterocycles. The van der Waals surface area contributed by atoms with Gasteiger partial charge in [0.1, 0.15) is 11.2 Å². The number of rotatable bonds is 10. The molecule has 2 aromatic carbocycles. The van der Waals surface area contributed by atoms with Gasteiger partial charge in [0.2, 0.25) is 0 Å². The first-order valence-corrected chi connectivity index (χ1v) is 14.5. The minimum atomic E-state index is -0.169. The van der Waals surface area contributed by atoms with Crippen molar-refractivity contribution in [1.82, 2.24) is 28.9 Å². The van der Waals surface area contributed by atoms with Crippen LogP contribution in [0, 0.1) is 6.92 Å². The van der Waals surface area contributed by atoms with Crippen LogP contribution in [0.25, 0.3) is 45.4 Å². The van der Waals surface area contributed by atoms with Crippen LogP contribution in [0.2, 0.25) is 10.0 Å². The van der Waals surface area contributed by atoms with Gasteiger partial charge in [-0.25, -0.2) is 9.20 Å². The summed E-state index contributed by atoms with van der Waals surface area (Å²) in [6.07, 6.45) is 4.33. The average Bonchev–Trinajstić information content (AvgIpc) is 3.60. The fourth-order valence-corrected chi connectivity index (χ4v) is 5.64. The fourth-order valence-electron chi connectivity index (χ4n) is 4.99. The van der Waals surface area contributed by atoms with Gasteiger partial charge in [-0.1, -0.05) is 59.6 Å². The first-order valence-electron chi connectivity index (χ1n) is 13.7. The van der Waals surface area contributed by atoms with Gasteiger partial charge >= 0.3 is 0 Å². The van der Waals surface area contributed by atoms with Crippen molar-refractivity contribution in [3.8, 4) is 33.6 Å². The quantitative estimate of drug-likeness (QED) is 0.215. The molecule has 0 bridgehead atoms. The van der Waals surface area contributed by atoms with Gasteiger partial charge in [-0.15, -0.1) is 0 Å². The molecule has 0 spiro atoms. The molecule has 5 aromatic rings. The molecule has 0 aliphatic rings. The smallest absolute Gasteiger partial charge is 0.276 e. The van der Waals surface area contributed by atoms with Crippen LogP contribution in [-0.2, 0) is 6.54 Å². The molecule has 3 heterocycles. The summed E-state index contributed by atoms with van der Waals surface area (Å²) in [5, 5.41) is 10.2. The highest BCUT2D eigenvalue weighted by atomic mass is 35.5. The van der Waals surface area contributed by atoms with Gasteiger partial charge in [-0.05, 0) is 26.0 Å². The van der Waals surface area contributed by atoms with Crippen LogP contribution in [-0.4, -0.2) is 61.8 Å². The molecule has 0 saturated carbocycles. The summed E-state index contributed by atoms with van der Waals surface area (Å²) >= 11 is 14.0. The van der Waals surface area contributed by atoms with Gasteiger partial charge in [0.15, 0.2) is 6.29 Å². The molecule has 0 atom stereocenters. The standard InChI is InChI=1S/C31H32Cl2N8O2/c1-19(38(3)12-10-34)16-40-21(18-42)14-26(36-40)24-8-4-6-22(29(24)32)23-7-5-9-25(30(23)33)27-15-28-31(43)39(13-11-35)20(2)17-41(28)37-27/h4-9,14-18H,10-13,34-35H2,1-3H3/b19-16-. The molecule has 222 valence electrons. The maximum absolute atomic E-state index is 13.1. The van der Waals surface area contributed by atoms with Gasteiger partial charge in [-0.3, -0.25) is 9.59 Å². The highest BCUT2D eigenvalue weighted by Gasteiger charge is 2.19. The third kappa shape index (κ3) is 5.74. The number of aromatic nitrogens is 5. The van der Waals surface area contributed by atoms with Crippen molar-refractivity contribution in [1.29, 1.82) is 0 Å². The van der Waals surface area contributed by atoms with E-state index in [1.54, 1.807) is 33.6 Å². The van der Waals surface area contributed by atoms with E-state index in [0.29, 0.717) is 81.1 Å². The zero-order valence-corrected chi connectivity index (χ0v) is 25.6. The number of carbonyl (C=O) groups excluding carboxylic acids is 1. The number of nitrogens with zero attached hydrogens (tertiary/aromatic N) is 6. The van der Waals surface area contributed by atoms with Gasteiger partial charge < -0.3 is 20.9 Å². The molecule has 0 saturated heterocycles. The van der Waals surface area contributed by atoms with E-state index in [2.05, 4.69) is 10.2 Å². The highest BCUT2D eigenvalue weighted by Crippen LogP contribution is 2.42. The number of benzene rings is 2. The zero-order valence-electron chi connectivity index (χ0n) is 24.1. The third-order valence-electron chi connectivity index (χ3n) is 7.39. The molecule has 0 radical (unpaired) electrons. The van der Waals surface area contributed by atoms with Crippen molar-refractivity contribution < 1.29 is 4.79 Å². The van der Waals surface area contributed by atoms with Crippen LogP contribution in [0.1, 0.15) is 23.1 Å². The van der Waals surface area contributed by atoms with Crippen molar-refractivity contribution >= 4 is 41.2 Å². The molecule has 0 amide bonds. The molecular weight excluding hydrogens is 587 g/mol. The number of aryl methyl sites for hydroxylation is 1. The van der Waals surface area contributed by atoms with E-state index < -0.39 is 0 Å². The second-order valence-electron chi connectivity index (χ2n) is 10.2. The number of likely N-dealkylation sites (N-methyl/N-ethyl adjacent to an activating group) is 1.